The molecule has 3 aliphatic rings. The summed E-state index contributed by atoms with van der Waals surface area (Å²) >= 11 is 0. The molecule has 0 heterocycles. The van der Waals surface area contributed by atoms with Crippen LogP contribution in [0, 0.1) is 17.3 Å². The number of benzene rings is 2. The zero-order chi connectivity index (χ0) is 38.8. The number of phenols is 1. The summed E-state index contributed by atoms with van der Waals surface area (Å²) in [5.41, 5.74) is 7.06. The Labute approximate surface area is 314 Å². The first kappa shape index (κ1) is 40.9. The van der Waals surface area contributed by atoms with E-state index in [0.29, 0.717) is 49.6 Å². The molecule has 294 valence electrons. The maximum Gasteiger partial charge on any atom is 0.531 e. The summed E-state index contributed by atoms with van der Waals surface area (Å²) in [5, 5.41) is 15.9. The summed E-state index contributed by atoms with van der Waals surface area (Å²) in [5.74, 6) is 1.40. The van der Waals surface area contributed by atoms with Crippen molar-refractivity contribution in [1.29, 1.82) is 0 Å². The van der Waals surface area contributed by atoms with Crippen LogP contribution in [-0.4, -0.2) is 61.0 Å². The van der Waals surface area contributed by atoms with Gasteiger partial charge in [0.1, 0.15) is 17.1 Å². The number of hydrogen-bond donors (Lipinski definition) is 4. The molecule has 2 amide bonds. The Hall–Kier alpha value is -3.31. The molecule has 0 bridgehead atoms. The third-order valence-corrected chi connectivity index (χ3v) is 12.8. The minimum Gasteiger partial charge on any atom is -0.505 e. The number of phosphoric acid groups is 1. The molecule has 5 rings (SSSR count). The number of methoxy groups -OCH3 is 1. The lowest BCUT2D eigenvalue weighted by molar-refractivity contribution is -0.124. The van der Waals surface area contributed by atoms with Crippen molar-refractivity contribution in [2.45, 2.75) is 123 Å². The maximum absolute atomic E-state index is 13.8. The lowest BCUT2D eigenvalue weighted by Gasteiger charge is -2.50. The normalized spacial score (nSPS) is 24.1. The number of hydrogen-bond acceptors (Lipinski definition) is 10. The highest BCUT2D eigenvalue weighted by Gasteiger charge is 2.55. The molecule has 13 heteroatoms. The first-order valence-electron chi connectivity index (χ1n) is 19.0. The van der Waals surface area contributed by atoms with Gasteiger partial charge in [-0.05, 0) is 145 Å². The Morgan fingerprint density at radius 3 is 2.36 bits per heavy atom. The largest absolute Gasteiger partial charge is 0.531 e. The van der Waals surface area contributed by atoms with Gasteiger partial charge in [0, 0.05) is 19.5 Å². The second-order valence-electron chi connectivity index (χ2n) is 17.0. The third-order valence-electron chi connectivity index (χ3n) is 10.8. The van der Waals surface area contributed by atoms with E-state index in [4.69, 9.17) is 28.8 Å². The van der Waals surface area contributed by atoms with E-state index in [1.54, 1.807) is 0 Å². The average molecular weight is 758 g/mol. The number of phosphoric ester groups is 1. The zero-order valence-electron chi connectivity index (χ0n) is 32.7. The van der Waals surface area contributed by atoms with Crippen molar-refractivity contribution in [3.05, 3.63) is 47.0 Å². The van der Waals surface area contributed by atoms with Crippen molar-refractivity contribution in [3.8, 4) is 17.2 Å². The smallest absolute Gasteiger partial charge is 0.505 e. The van der Waals surface area contributed by atoms with Gasteiger partial charge in [0.05, 0.1) is 36.7 Å². The Morgan fingerprint density at radius 1 is 0.981 bits per heavy atom. The van der Waals surface area contributed by atoms with Crippen molar-refractivity contribution < 1.29 is 42.3 Å². The highest BCUT2D eigenvalue weighted by atomic mass is 31.2. The highest BCUT2D eigenvalue weighted by Crippen LogP contribution is 2.62. The van der Waals surface area contributed by atoms with E-state index in [1.165, 1.54) is 30.4 Å². The van der Waals surface area contributed by atoms with E-state index >= 15 is 0 Å². The van der Waals surface area contributed by atoms with Crippen LogP contribution in [0.25, 0.3) is 0 Å². The van der Waals surface area contributed by atoms with Crippen LogP contribution in [0.1, 0.15) is 121 Å². The minimum absolute atomic E-state index is 0.0126. The molecule has 5 unspecified atom stereocenters. The van der Waals surface area contributed by atoms with Crippen molar-refractivity contribution >= 4 is 25.3 Å². The summed E-state index contributed by atoms with van der Waals surface area (Å²) in [6, 6.07) is 9.09. The van der Waals surface area contributed by atoms with Gasteiger partial charge < -0.3 is 35.5 Å². The standard InChI is InChI=1S/C40H60N3O9P/c1-38(2,3)51-53(47,52-39(4,5)6)50-26-11-13-27-25(24-26)10-12-29-28(27)18-20-40(7)30(29)14-17-33(40)49-23-19-34(44)42-21-9-22-43-37(46)35-32(48-8)16-15-31(41)36(35)45/h11,13,15-16,24,28-30,33,45H,9-10,12,14,17-23,41H2,1-8H3,(H,42,44)(H,43,46). The quantitative estimate of drug-likeness (QED) is 0.0650. The lowest BCUT2D eigenvalue weighted by atomic mass is 9.55. The Bertz CT molecular complexity index is 1670. The van der Waals surface area contributed by atoms with Crippen LogP contribution in [0.5, 0.6) is 17.2 Å². The van der Waals surface area contributed by atoms with Crippen molar-refractivity contribution in [1.82, 2.24) is 10.6 Å². The molecule has 2 saturated carbocycles. The average Bonchev–Trinajstić information content (AvgIpc) is 3.39. The van der Waals surface area contributed by atoms with Gasteiger partial charge in [-0.15, -0.1) is 0 Å². The van der Waals surface area contributed by atoms with Crippen LogP contribution in [-0.2, 0) is 29.6 Å². The summed E-state index contributed by atoms with van der Waals surface area (Å²) < 4.78 is 43.1. The fraction of sp³-hybridized carbons (Fsp3) is 0.650. The summed E-state index contributed by atoms with van der Waals surface area (Å²) in [6.45, 7) is 14.5. The molecule has 3 aliphatic carbocycles. The molecular formula is C40H60N3O9P. The molecule has 0 aromatic heterocycles. The van der Waals surface area contributed by atoms with Gasteiger partial charge in [-0.25, -0.2) is 4.57 Å². The third kappa shape index (κ3) is 9.87. The lowest BCUT2D eigenvalue weighted by Crippen LogP contribution is -2.45. The molecule has 53 heavy (non-hydrogen) atoms. The van der Waals surface area contributed by atoms with Crippen molar-refractivity contribution in [2.24, 2.45) is 17.3 Å². The number of anilines is 1. The highest BCUT2D eigenvalue weighted by molar-refractivity contribution is 7.49. The van der Waals surface area contributed by atoms with Crippen LogP contribution in [0.3, 0.4) is 0 Å². The van der Waals surface area contributed by atoms with Crippen molar-refractivity contribution in [3.63, 3.8) is 0 Å². The predicted molar refractivity (Wildman–Crippen MR) is 204 cm³/mol. The van der Waals surface area contributed by atoms with E-state index in [-0.39, 0.29) is 46.6 Å². The summed E-state index contributed by atoms with van der Waals surface area (Å²) in [7, 11) is -2.48. The molecule has 0 aliphatic heterocycles. The predicted octanol–water partition coefficient (Wildman–Crippen LogP) is 7.67. The van der Waals surface area contributed by atoms with E-state index in [1.807, 2.05) is 53.7 Å². The zero-order valence-corrected chi connectivity index (χ0v) is 33.6. The number of phenolic OH excluding ortho intramolecular Hbond substituents is 1. The van der Waals surface area contributed by atoms with E-state index in [9.17, 15) is 19.3 Å². The number of nitrogens with two attached hydrogens (primary N) is 1. The van der Waals surface area contributed by atoms with Crippen molar-refractivity contribution in [2.75, 3.05) is 32.5 Å². The summed E-state index contributed by atoms with van der Waals surface area (Å²) in [4.78, 5) is 25.2. The first-order chi connectivity index (χ1) is 24.8. The first-order valence-corrected chi connectivity index (χ1v) is 20.4. The molecular weight excluding hydrogens is 697 g/mol. The van der Waals surface area contributed by atoms with Gasteiger partial charge in [0.15, 0.2) is 5.75 Å². The second-order valence-corrected chi connectivity index (χ2v) is 18.4. The van der Waals surface area contributed by atoms with Gasteiger partial charge >= 0.3 is 7.82 Å². The number of nitrogens with one attached hydrogen (secondary N) is 2. The van der Waals surface area contributed by atoms with E-state index in [0.717, 1.165) is 38.5 Å². The number of carbonyl (C=O) groups excluding carboxylic acids is 2. The molecule has 2 fully saturated rings. The van der Waals surface area contributed by atoms with Crippen LogP contribution in [0.2, 0.25) is 0 Å². The fourth-order valence-corrected chi connectivity index (χ4v) is 10.5. The van der Waals surface area contributed by atoms with Gasteiger partial charge in [0.2, 0.25) is 5.91 Å². The van der Waals surface area contributed by atoms with Gasteiger partial charge in [-0.1, -0.05) is 13.0 Å². The minimum atomic E-state index is -3.89. The number of ether oxygens (including phenoxy) is 2. The number of aromatic hydroxyl groups is 1. The number of nitrogen functional groups attached to an aromatic ring is 1. The van der Waals surface area contributed by atoms with Crippen LogP contribution in [0.15, 0.2) is 30.3 Å². The second kappa shape index (κ2) is 16.2. The fourth-order valence-electron chi connectivity index (χ4n) is 8.66. The molecule has 2 aromatic rings. The Morgan fingerprint density at radius 2 is 1.68 bits per heavy atom. The maximum atomic E-state index is 13.8. The van der Waals surface area contributed by atoms with Gasteiger partial charge in [-0.2, -0.15) is 0 Å². The molecule has 5 N–H and O–H groups in total. The molecule has 2 aromatic carbocycles. The molecule has 0 spiro atoms. The molecule has 12 nitrogen and oxygen atoms in total. The molecule has 0 saturated heterocycles. The Kier molecular flexibility index (Phi) is 12.5. The van der Waals surface area contributed by atoms with Crippen LogP contribution in [0.4, 0.5) is 5.69 Å². The molecule has 0 radical (unpaired) electrons. The SMILES string of the molecule is COc1ccc(N)c(O)c1C(=O)NCCCNC(=O)CCOC1CCC2C3CCc4cc(OP(=O)(OC(C)(C)C)OC(C)(C)C)ccc4C3CCC12C. The summed E-state index contributed by atoms with van der Waals surface area (Å²) in [6.07, 6.45) is 7.17. The van der Waals surface area contributed by atoms with E-state index in [2.05, 4.69) is 23.6 Å². The number of amides is 2. The molecule has 5 atom stereocenters. The van der Waals surface area contributed by atoms with Crippen LogP contribution >= 0.6 is 7.82 Å². The topological polar surface area (TPSA) is 168 Å². The number of rotatable bonds is 14. The Balaban J connectivity index is 1.08. The number of carbonyl (C=O) groups is 2. The van der Waals surface area contributed by atoms with Gasteiger partial charge in [-0.3, -0.25) is 18.6 Å². The van der Waals surface area contributed by atoms with Gasteiger partial charge in [0.25, 0.3) is 5.91 Å². The number of fused-ring (bicyclic) bond motifs is 5. The number of aryl methyl sites for hydroxylation is 1. The van der Waals surface area contributed by atoms with E-state index < -0.39 is 24.9 Å². The monoisotopic (exact) mass is 757 g/mol. The van der Waals surface area contributed by atoms with Crippen LogP contribution < -0.4 is 25.6 Å².